The quantitative estimate of drug-likeness (QED) is 0.118. The van der Waals surface area contributed by atoms with Crippen molar-refractivity contribution < 1.29 is 23.9 Å². The molecule has 0 radical (unpaired) electrons. The van der Waals surface area contributed by atoms with Gasteiger partial charge in [0.25, 0.3) is 11.8 Å². The second-order valence-corrected chi connectivity index (χ2v) is 10.1. The second-order valence-electron chi connectivity index (χ2n) is 8.61. The van der Waals surface area contributed by atoms with Crippen LogP contribution >= 0.6 is 46.4 Å². The van der Waals surface area contributed by atoms with Gasteiger partial charge in [-0.3, -0.25) is 19.2 Å². The smallest absolute Gasteiger partial charge is 0.316 e. The largest absolute Gasteiger partial charge is 0.426 e. The topological polar surface area (TPSA) is 84.0 Å². The van der Waals surface area contributed by atoms with Gasteiger partial charge >= 0.3 is 5.97 Å². The van der Waals surface area contributed by atoms with E-state index in [-0.39, 0.29) is 61.5 Å². The highest BCUT2D eigenvalue weighted by Gasteiger charge is 2.42. The molecule has 0 saturated carbocycles. The van der Waals surface area contributed by atoms with E-state index >= 15 is 0 Å². The van der Waals surface area contributed by atoms with E-state index in [2.05, 4.69) is 0 Å². The molecule has 3 aromatic rings. The molecule has 1 saturated heterocycles. The summed E-state index contributed by atoms with van der Waals surface area (Å²) in [6.45, 7) is 2.16. The molecule has 0 aliphatic carbocycles. The fraction of sp³-hybridized carbons (Fsp3) is 0.154. The van der Waals surface area contributed by atoms with Gasteiger partial charge in [0.2, 0.25) is 5.91 Å². The summed E-state index contributed by atoms with van der Waals surface area (Å²) in [6.07, 6.45) is 0.0342. The van der Waals surface area contributed by atoms with Crippen molar-refractivity contribution in [2.45, 2.75) is 13.3 Å². The highest BCUT2D eigenvalue weighted by atomic mass is 35.5. The summed E-state index contributed by atoms with van der Waals surface area (Å²) in [7, 11) is 0. The summed E-state index contributed by atoms with van der Waals surface area (Å²) >= 11 is 24.5. The molecule has 11 heteroatoms. The Hall–Kier alpha value is -3.10. The third kappa shape index (κ3) is 4.36. The molecule has 3 amide bonds. The average Bonchev–Trinajstić information content (AvgIpc) is 3.39. The Kier molecular flexibility index (Phi) is 6.66. The minimum absolute atomic E-state index is 0.0342. The zero-order chi connectivity index (χ0) is 26.6. The van der Waals surface area contributed by atoms with E-state index in [4.69, 9.17) is 51.1 Å². The molecule has 1 fully saturated rings. The summed E-state index contributed by atoms with van der Waals surface area (Å²) in [5.74, 6) is -2.59. The number of aryl methyl sites for hydroxylation is 1. The van der Waals surface area contributed by atoms with Crippen LogP contribution in [0.2, 0.25) is 20.1 Å². The maximum atomic E-state index is 13.0. The fourth-order valence-corrected chi connectivity index (χ4v) is 5.30. The van der Waals surface area contributed by atoms with E-state index in [0.29, 0.717) is 0 Å². The first-order valence-electron chi connectivity index (χ1n) is 11.0. The summed E-state index contributed by atoms with van der Waals surface area (Å²) in [6, 6.07) is 13.2. The number of carbonyl (C=O) groups is 4. The highest BCUT2D eigenvalue weighted by Crippen LogP contribution is 2.45. The number of benzene rings is 3. The molecule has 3 aromatic carbocycles. The molecule has 2 aliphatic rings. The zero-order valence-electron chi connectivity index (χ0n) is 19.1. The van der Waals surface area contributed by atoms with Crippen molar-refractivity contribution in [3.8, 4) is 5.75 Å². The van der Waals surface area contributed by atoms with E-state index in [9.17, 15) is 19.2 Å². The Morgan fingerprint density at radius 3 is 1.84 bits per heavy atom. The molecule has 0 aromatic heterocycles. The van der Waals surface area contributed by atoms with Gasteiger partial charge in [-0.2, -0.15) is 0 Å². The second kappa shape index (κ2) is 9.65. The highest BCUT2D eigenvalue weighted by molar-refractivity contribution is 6.56. The molecule has 5 rings (SSSR count). The van der Waals surface area contributed by atoms with Crippen LogP contribution in [-0.4, -0.2) is 30.2 Å². The number of halogens is 4. The lowest BCUT2D eigenvalue weighted by atomic mass is 10.1. The molecule has 0 bridgehead atoms. The van der Waals surface area contributed by atoms with Gasteiger partial charge in [0.1, 0.15) is 5.75 Å². The number of hydrogen-bond donors (Lipinski definition) is 0. The molecule has 0 spiro atoms. The number of carbonyl (C=O) groups excluding carboxylic acids is 4. The lowest BCUT2D eigenvalue weighted by Crippen LogP contribution is -2.29. The van der Waals surface area contributed by atoms with Gasteiger partial charge in [-0.1, -0.05) is 64.1 Å². The predicted molar refractivity (Wildman–Crippen MR) is 141 cm³/mol. The fourth-order valence-electron chi connectivity index (χ4n) is 4.29. The molecule has 1 atom stereocenters. The maximum absolute atomic E-state index is 13.0. The van der Waals surface area contributed by atoms with Crippen LogP contribution < -0.4 is 14.5 Å². The number of imide groups is 1. The van der Waals surface area contributed by atoms with Crippen LogP contribution in [0.5, 0.6) is 5.75 Å². The normalized spacial score (nSPS) is 17.0. The minimum Gasteiger partial charge on any atom is -0.426 e. The van der Waals surface area contributed by atoms with E-state index in [1.165, 1.54) is 24.3 Å². The summed E-state index contributed by atoms with van der Waals surface area (Å²) in [5.41, 5.74) is 1.72. The molecule has 2 aliphatic heterocycles. The Morgan fingerprint density at radius 1 is 0.784 bits per heavy atom. The van der Waals surface area contributed by atoms with Gasteiger partial charge in [-0.05, 0) is 43.3 Å². The summed E-state index contributed by atoms with van der Waals surface area (Å²) in [5, 5.41) is -0.570. The first-order chi connectivity index (χ1) is 17.6. The van der Waals surface area contributed by atoms with Crippen molar-refractivity contribution in [2.24, 2.45) is 5.92 Å². The van der Waals surface area contributed by atoms with Gasteiger partial charge in [-0.15, -0.1) is 0 Å². The Bertz CT molecular complexity index is 1440. The number of esters is 1. The number of anilines is 2. The van der Waals surface area contributed by atoms with Crippen LogP contribution in [0.15, 0.2) is 48.5 Å². The third-order valence-electron chi connectivity index (χ3n) is 6.22. The SMILES string of the molecule is Cc1ccc(N2C[C@H](C(=O)Oc3ccc(N4C(=O)c5c(Cl)c(Cl)c(Cl)c(Cl)c5C4=O)cc3)CC2=O)cc1. The van der Waals surface area contributed by atoms with Gasteiger partial charge in [0.05, 0.1) is 42.8 Å². The van der Waals surface area contributed by atoms with Crippen molar-refractivity contribution in [1.29, 1.82) is 0 Å². The molecular weight excluding hydrogens is 562 g/mol. The Morgan fingerprint density at radius 2 is 1.30 bits per heavy atom. The summed E-state index contributed by atoms with van der Waals surface area (Å²) in [4.78, 5) is 53.7. The van der Waals surface area contributed by atoms with Crippen LogP contribution in [0, 0.1) is 12.8 Å². The number of fused-ring (bicyclic) bond motifs is 1. The Labute approximate surface area is 231 Å². The van der Waals surface area contributed by atoms with E-state index in [0.717, 1.165) is 16.2 Å². The Balaban J connectivity index is 1.31. The molecule has 0 N–H and O–H groups in total. The van der Waals surface area contributed by atoms with Gasteiger partial charge in [0, 0.05) is 18.7 Å². The van der Waals surface area contributed by atoms with Gasteiger partial charge < -0.3 is 9.64 Å². The van der Waals surface area contributed by atoms with E-state index in [1.54, 1.807) is 4.90 Å². The number of ether oxygens (including phenoxy) is 1. The lowest BCUT2D eigenvalue weighted by Gasteiger charge is -2.17. The van der Waals surface area contributed by atoms with Crippen molar-refractivity contribution in [2.75, 3.05) is 16.3 Å². The molecule has 0 unspecified atom stereocenters. The van der Waals surface area contributed by atoms with Crippen molar-refractivity contribution in [3.63, 3.8) is 0 Å². The van der Waals surface area contributed by atoms with E-state index < -0.39 is 23.7 Å². The summed E-state index contributed by atoms with van der Waals surface area (Å²) < 4.78 is 5.47. The monoisotopic (exact) mass is 576 g/mol. The third-order valence-corrected chi connectivity index (χ3v) is 8.02. The van der Waals surface area contributed by atoms with Gasteiger partial charge in [-0.25, -0.2) is 4.90 Å². The van der Waals surface area contributed by atoms with Crippen LogP contribution in [-0.2, 0) is 9.59 Å². The zero-order valence-corrected chi connectivity index (χ0v) is 22.1. The number of nitrogens with zero attached hydrogens (tertiary/aromatic N) is 2. The number of amides is 3. The molecule has 188 valence electrons. The van der Waals surface area contributed by atoms with Crippen LogP contribution in [0.25, 0.3) is 0 Å². The van der Waals surface area contributed by atoms with Crippen LogP contribution in [0.1, 0.15) is 32.7 Å². The first kappa shape index (κ1) is 25.5. The van der Waals surface area contributed by atoms with Crippen molar-refractivity contribution in [1.82, 2.24) is 0 Å². The van der Waals surface area contributed by atoms with Crippen LogP contribution in [0.3, 0.4) is 0 Å². The lowest BCUT2D eigenvalue weighted by molar-refractivity contribution is -0.139. The number of rotatable bonds is 4. The van der Waals surface area contributed by atoms with Gasteiger partial charge in [0.15, 0.2) is 0 Å². The molecular formula is C26H16Cl4N2O5. The molecule has 37 heavy (non-hydrogen) atoms. The first-order valence-corrected chi connectivity index (χ1v) is 12.5. The van der Waals surface area contributed by atoms with Crippen molar-refractivity contribution in [3.05, 3.63) is 85.3 Å². The minimum atomic E-state index is -0.712. The maximum Gasteiger partial charge on any atom is 0.316 e. The average molecular weight is 578 g/mol. The standard InChI is InChI=1S/C26H16Cl4N2O5/c1-12-2-4-14(5-3-12)31-11-13(10-17(31)33)26(36)37-16-8-6-15(7-9-16)32-24(34)18-19(25(32)35)21(28)23(30)22(29)20(18)27/h2-9,13H,10-11H2,1H3/t13-/m1/s1. The number of hydrogen-bond acceptors (Lipinski definition) is 5. The molecule has 7 nitrogen and oxygen atoms in total. The van der Waals surface area contributed by atoms with Crippen molar-refractivity contribution >= 4 is 81.5 Å². The van der Waals surface area contributed by atoms with E-state index in [1.807, 2.05) is 31.2 Å². The predicted octanol–water partition coefficient (Wildman–Crippen LogP) is 6.37. The van der Waals surface area contributed by atoms with Crippen LogP contribution in [0.4, 0.5) is 11.4 Å². The molecule has 2 heterocycles.